The standard InChI is InChI=1S/C23H31NO3/c1-23-11-10-17-16-7-5-15(27-22(26)20-3-2-12-24-20)13-14(16)4-6-18(17)19(23)8-9-21(23)25/h5,7,13,17-21,24-25H,2-4,6,8-12H2,1H3/t17?,18?,19?,20-,21+,23+/m1/s1. The fourth-order valence-corrected chi connectivity index (χ4v) is 6.67. The zero-order valence-corrected chi connectivity index (χ0v) is 16.2. The van der Waals surface area contributed by atoms with Crippen LogP contribution in [-0.2, 0) is 11.2 Å². The highest BCUT2D eigenvalue weighted by Crippen LogP contribution is 2.60. The molecule has 4 aliphatic rings. The number of carbonyl (C=O) groups is 1. The lowest BCUT2D eigenvalue weighted by Crippen LogP contribution is -2.43. The lowest BCUT2D eigenvalue weighted by Gasteiger charge is -2.50. The maximum atomic E-state index is 12.3. The second-order valence-electron chi connectivity index (χ2n) is 9.48. The van der Waals surface area contributed by atoms with Crippen LogP contribution in [0.5, 0.6) is 5.75 Å². The average Bonchev–Trinajstić information content (AvgIpc) is 3.30. The predicted molar refractivity (Wildman–Crippen MR) is 104 cm³/mol. The van der Waals surface area contributed by atoms with E-state index in [1.165, 1.54) is 30.4 Å². The molecule has 2 saturated carbocycles. The molecule has 0 amide bonds. The van der Waals surface area contributed by atoms with E-state index in [9.17, 15) is 9.90 Å². The van der Waals surface area contributed by atoms with E-state index in [4.69, 9.17) is 4.74 Å². The van der Waals surface area contributed by atoms with Crippen LogP contribution in [0.25, 0.3) is 0 Å². The lowest BCUT2D eigenvalue weighted by atomic mass is 9.55. The fourth-order valence-electron chi connectivity index (χ4n) is 6.67. The van der Waals surface area contributed by atoms with Crippen LogP contribution in [0.2, 0.25) is 0 Å². The number of hydrogen-bond donors (Lipinski definition) is 2. The van der Waals surface area contributed by atoms with E-state index in [0.29, 0.717) is 23.5 Å². The monoisotopic (exact) mass is 369 g/mol. The number of aliphatic hydroxyl groups is 1. The minimum absolute atomic E-state index is 0.115. The Balaban J connectivity index is 1.35. The average molecular weight is 370 g/mol. The summed E-state index contributed by atoms with van der Waals surface area (Å²) in [5.74, 6) is 2.52. The van der Waals surface area contributed by atoms with E-state index in [-0.39, 0.29) is 23.5 Å². The molecule has 3 unspecified atom stereocenters. The molecule has 1 aromatic rings. The van der Waals surface area contributed by atoms with Gasteiger partial charge in [-0.2, -0.15) is 0 Å². The Labute approximate surface area is 161 Å². The van der Waals surface area contributed by atoms with Crippen LogP contribution in [0.3, 0.4) is 0 Å². The molecule has 0 aromatic heterocycles. The Kier molecular flexibility index (Phi) is 4.32. The quantitative estimate of drug-likeness (QED) is 0.618. The molecule has 6 atom stereocenters. The second-order valence-corrected chi connectivity index (χ2v) is 9.48. The van der Waals surface area contributed by atoms with Gasteiger partial charge in [0.1, 0.15) is 11.8 Å². The Bertz CT molecular complexity index is 741. The van der Waals surface area contributed by atoms with E-state index < -0.39 is 0 Å². The molecular formula is C23H31NO3. The molecule has 27 heavy (non-hydrogen) atoms. The van der Waals surface area contributed by atoms with Gasteiger partial charge in [0.15, 0.2) is 0 Å². The molecule has 146 valence electrons. The topological polar surface area (TPSA) is 58.6 Å². The molecule has 1 heterocycles. The van der Waals surface area contributed by atoms with Crippen molar-refractivity contribution in [2.75, 3.05) is 6.54 Å². The van der Waals surface area contributed by atoms with E-state index >= 15 is 0 Å². The van der Waals surface area contributed by atoms with Gasteiger partial charge in [-0.15, -0.1) is 0 Å². The first kappa shape index (κ1) is 17.7. The molecule has 1 saturated heterocycles. The third kappa shape index (κ3) is 2.84. The number of hydrogen-bond acceptors (Lipinski definition) is 4. The van der Waals surface area contributed by atoms with Gasteiger partial charge >= 0.3 is 5.97 Å². The number of benzene rings is 1. The van der Waals surface area contributed by atoms with Gasteiger partial charge < -0.3 is 15.2 Å². The SMILES string of the molecule is C[C@]12CCC3c4ccc(OC(=O)[C@H]5CCCN5)cc4CCC3C1CC[C@@H]2O. The van der Waals surface area contributed by atoms with Crippen molar-refractivity contribution in [3.63, 3.8) is 0 Å². The summed E-state index contributed by atoms with van der Waals surface area (Å²) in [6, 6.07) is 6.17. The molecule has 4 nitrogen and oxygen atoms in total. The highest BCUT2D eigenvalue weighted by molar-refractivity contribution is 5.78. The van der Waals surface area contributed by atoms with E-state index in [2.05, 4.69) is 24.4 Å². The number of carbonyl (C=O) groups excluding carboxylic acids is 1. The van der Waals surface area contributed by atoms with Gasteiger partial charge in [0.2, 0.25) is 0 Å². The Hall–Kier alpha value is -1.39. The number of rotatable bonds is 2. The predicted octanol–water partition coefficient (Wildman–Crippen LogP) is 3.56. The third-order valence-electron chi connectivity index (χ3n) is 8.21. The molecule has 0 spiro atoms. The molecule has 1 aromatic carbocycles. The van der Waals surface area contributed by atoms with Crippen molar-refractivity contribution in [1.82, 2.24) is 5.32 Å². The third-order valence-corrected chi connectivity index (χ3v) is 8.21. The van der Waals surface area contributed by atoms with Crippen LogP contribution in [0.4, 0.5) is 0 Å². The second kappa shape index (κ2) is 6.59. The summed E-state index contributed by atoms with van der Waals surface area (Å²) in [5.41, 5.74) is 2.96. The van der Waals surface area contributed by atoms with Crippen LogP contribution in [0.1, 0.15) is 68.9 Å². The molecular weight excluding hydrogens is 338 g/mol. The number of aryl methyl sites for hydroxylation is 1. The van der Waals surface area contributed by atoms with Crippen molar-refractivity contribution in [3.8, 4) is 5.75 Å². The first-order chi connectivity index (χ1) is 13.1. The molecule has 0 bridgehead atoms. The first-order valence-electron chi connectivity index (χ1n) is 10.8. The summed E-state index contributed by atoms with van der Waals surface area (Å²) in [5, 5.41) is 13.7. The summed E-state index contributed by atoms with van der Waals surface area (Å²) in [6.07, 6.45) is 8.52. The van der Waals surface area contributed by atoms with Gasteiger partial charge in [-0.1, -0.05) is 13.0 Å². The van der Waals surface area contributed by atoms with Gasteiger partial charge in [-0.25, -0.2) is 4.79 Å². The van der Waals surface area contributed by atoms with Crippen LogP contribution >= 0.6 is 0 Å². The Morgan fingerprint density at radius 2 is 2.11 bits per heavy atom. The number of esters is 1. The van der Waals surface area contributed by atoms with Gasteiger partial charge in [-0.3, -0.25) is 0 Å². The lowest BCUT2D eigenvalue weighted by molar-refractivity contribution is -0.136. The van der Waals surface area contributed by atoms with Crippen molar-refractivity contribution in [1.29, 1.82) is 0 Å². The van der Waals surface area contributed by atoms with Gasteiger partial charge in [0, 0.05) is 0 Å². The maximum Gasteiger partial charge on any atom is 0.328 e. The summed E-state index contributed by atoms with van der Waals surface area (Å²) >= 11 is 0. The number of ether oxygens (including phenoxy) is 1. The zero-order chi connectivity index (χ0) is 18.6. The Morgan fingerprint density at radius 1 is 1.22 bits per heavy atom. The molecule has 0 radical (unpaired) electrons. The van der Waals surface area contributed by atoms with E-state index in [1.807, 2.05) is 6.07 Å². The summed E-state index contributed by atoms with van der Waals surface area (Å²) in [6.45, 7) is 3.22. The molecule has 3 fully saturated rings. The van der Waals surface area contributed by atoms with Crippen LogP contribution in [0, 0.1) is 17.3 Å². The number of fused-ring (bicyclic) bond motifs is 5. The number of aliphatic hydroxyl groups excluding tert-OH is 1. The van der Waals surface area contributed by atoms with Crippen LogP contribution < -0.4 is 10.1 Å². The van der Waals surface area contributed by atoms with Gasteiger partial charge in [-0.05, 0) is 104 Å². The van der Waals surface area contributed by atoms with Crippen molar-refractivity contribution in [2.45, 2.75) is 76.4 Å². The molecule has 2 N–H and O–H groups in total. The van der Waals surface area contributed by atoms with Crippen molar-refractivity contribution >= 4 is 5.97 Å². The first-order valence-corrected chi connectivity index (χ1v) is 10.8. The van der Waals surface area contributed by atoms with Gasteiger partial charge in [0.05, 0.1) is 6.10 Å². The van der Waals surface area contributed by atoms with Crippen molar-refractivity contribution in [3.05, 3.63) is 29.3 Å². The highest BCUT2D eigenvalue weighted by atomic mass is 16.5. The maximum absolute atomic E-state index is 12.3. The molecule has 4 heteroatoms. The fraction of sp³-hybridized carbons (Fsp3) is 0.696. The highest BCUT2D eigenvalue weighted by Gasteiger charge is 2.54. The molecule has 1 aliphatic heterocycles. The molecule has 3 aliphatic carbocycles. The van der Waals surface area contributed by atoms with E-state index in [0.717, 1.165) is 38.6 Å². The van der Waals surface area contributed by atoms with E-state index in [1.54, 1.807) is 0 Å². The van der Waals surface area contributed by atoms with Crippen molar-refractivity contribution in [2.24, 2.45) is 17.3 Å². The van der Waals surface area contributed by atoms with Gasteiger partial charge in [0.25, 0.3) is 0 Å². The van der Waals surface area contributed by atoms with Crippen LogP contribution in [0.15, 0.2) is 18.2 Å². The normalized spacial score (nSPS) is 40.1. The smallest absolute Gasteiger partial charge is 0.328 e. The summed E-state index contributed by atoms with van der Waals surface area (Å²) in [4.78, 5) is 12.3. The largest absolute Gasteiger partial charge is 0.425 e. The summed E-state index contributed by atoms with van der Waals surface area (Å²) < 4.78 is 5.67. The molecule has 5 rings (SSSR count). The van der Waals surface area contributed by atoms with Crippen LogP contribution in [-0.4, -0.2) is 29.8 Å². The number of nitrogens with one attached hydrogen (secondary N) is 1. The summed E-state index contributed by atoms with van der Waals surface area (Å²) in [7, 11) is 0. The Morgan fingerprint density at radius 3 is 2.93 bits per heavy atom. The van der Waals surface area contributed by atoms with Crippen molar-refractivity contribution < 1.29 is 14.6 Å². The zero-order valence-electron chi connectivity index (χ0n) is 16.2. The minimum atomic E-state index is -0.144. The minimum Gasteiger partial charge on any atom is -0.425 e.